The molecular weight excluding hydrogens is 254 g/mol. The molecule has 0 unspecified atom stereocenters. The fourth-order valence-electron chi connectivity index (χ4n) is 3.54. The van der Waals surface area contributed by atoms with Gasteiger partial charge in [0.05, 0.1) is 18.7 Å². The van der Waals surface area contributed by atoms with E-state index in [1.807, 2.05) is 6.20 Å². The second-order valence-electron chi connectivity index (χ2n) is 5.80. The van der Waals surface area contributed by atoms with Gasteiger partial charge in [0.2, 0.25) is 5.91 Å². The zero-order valence-corrected chi connectivity index (χ0v) is 11.9. The Balaban J connectivity index is 1.50. The minimum Gasteiger partial charge on any atom is -0.354 e. The topological polar surface area (TPSA) is 63.1 Å². The fraction of sp³-hybridized carbons (Fsp3) is 0.786. The third-order valence-corrected chi connectivity index (χ3v) is 4.54. The fourth-order valence-corrected chi connectivity index (χ4v) is 3.54. The molecule has 3 heterocycles. The molecule has 1 amide bonds. The molecular formula is C14H23N5O. The molecule has 2 atom stereocenters. The lowest BCUT2D eigenvalue weighted by atomic mass is 9.83. The SMILES string of the molecule is O=C(NCCn1ccnn1)[C@@H]1CCCN2CCCC[C@H]12. The van der Waals surface area contributed by atoms with Crippen LogP contribution in [0, 0.1) is 5.92 Å². The van der Waals surface area contributed by atoms with Gasteiger partial charge in [0.15, 0.2) is 0 Å². The smallest absolute Gasteiger partial charge is 0.224 e. The average molecular weight is 277 g/mol. The van der Waals surface area contributed by atoms with Gasteiger partial charge in [-0.25, -0.2) is 0 Å². The van der Waals surface area contributed by atoms with Crippen LogP contribution in [0.1, 0.15) is 32.1 Å². The Hall–Kier alpha value is -1.43. The molecule has 0 radical (unpaired) electrons. The maximum atomic E-state index is 12.4. The van der Waals surface area contributed by atoms with E-state index in [1.54, 1.807) is 10.9 Å². The van der Waals surface area contributed by atoms with Crippen molar-refractivity contribution in [2.75, 3.05) is 19.6 Å². The second-order valence-corrected chi connectivity index (χ2v) is 5.80. The van der Waals surface area contributed by atoms with Gasteiger partial charge in [-0.05, 0) is 38.8 Å². The highest BCUT2D eigenvalue weighted by Crippen LogP contribution is 2.30. The number of fused-ring (bicyclic) bond motifs is 1. The van der Waals surface area contributed by atoms with Crippen molar-refractivity contribution in [3.8, 4) is 0 Å². The van der Waals surface area contributed by atoms with E-state index in [0.717, 1.165) is 12.8 Å². The molecule has 0 saturated carbocycles. The molecule has 0 aliphatic carbocycles. The number of hydrogen-bond acceptors (Lipinski definition) is 4. The molecule has 2 aliphatic heterocycles. The molecule has 1 aromatic rings. The van der Waals surface area contributed by atoms with Crippen molar-refractivity contribution in [3.05, 3.63) is 12.4 Å². The highest BCUT2D eigenvalue weighted by atomic mass is 16.1. The number of nitrogens with one attached hydrogen (secondary N) is 1. The van der Waals surface area contributed by atoms with Crippen molar-refractivity contribution in [1.29, 1.82) is 0 Å². The highest BCUT2D eigenvalue weighted by Gasteiger charge is 2.36. The minimum atomic E-state index is 0.180. The van der Waals surface area contributed by atoms with E-state index in [0.29, 0.717) is 19.1 Å². The van der Waals surface area contributed by atoms with Gasteiger partial charge < -0.3 is 5.32 Å². The quantitative estimate of drug-likeness (QED) is 0.878. The third kappa shape index (κ3) is 3.00. The Morgan fingerprint density at radius 2 is 2.15 bits per heavy atom. The number of nitrogens with zero attached hydrogens (tertiary/aromatic N) is 4. The van der Waals surface area contributed by atoms with Crippen LogP contribution >= 0.6 is 0 Å². The van der Waals surface area contributed by atoms with Crippen molar-refractivity contribution >= 4 is 5.91 Å². The van der Waals surface area contributed by atoms with Crippen LogP contribution in [-0.4, -0.2) is 51.5 Å². The molecule has 0 aromatic carbocycles. The van der Waals surface area contributed by atoms with Crippen molar-refractivity contribution in [2.45, 2.75) is 44.7 Å². The first-order valence-electron chi connectivity index (χ1n) is 7.70. The minimum absolute atomic E-state index is 0.180. The summed E-state index contributed by atoms with van der Waals surface area (Å²) >= 11 is 0. The predicted octanol–water partition coefficient (Wildman–Crippen LogP) is 0.659. The van der Waals surface area contributed by atoms with E-state index in [9.17, 15) is 4.79 Å². The predicted molar refractivity (Wildman–Crippen MR) is 75.0 cm³/mol. The standard InChI is InChI=1S/C14H23N5O/c20-14(15-6-10-19-11-7-16-17-19)12-4-3-9-18-8-2-1-5-13(12)18/h7,11-13H,1-6,8-10H2,(H,15,20)/t12-,13-/m1/s1. The number of amides is 1. The molecule has 6 nitrogen and oxygen atoms in total. The van der Waals surface area contributed by atoms with Gasteiger partial charge in [-0.3, -0.25) is 14.4 Å². The summed E-state index contributed by atoms with van der Waals surface area (Å²) in [5.41, 5.74) is 0. The summed E-state index contributed by atoms with van der Waals surface area (Å²) in [7, 11) is 0. The highest BCUT2D eigenvalue weighted by molar-refractivity contribution is 5.79. The molecule has 1 N–H and O–H groups in total. The Morgan fingerprint density at radius 3 is 3.00 bits per heavy atom. The van der Waals surface area contributed by atoms with Crippen molar-refractivity contribution in [1.82, 2.24) is 25.2 Å². The molecule has 1 aromatic heterocycles. The third-order valence-electron chi connectivity index (χ3n) is 4.54. The zero-order chi connectivity index (χ0) is 13.8. The number of aromatic nitrogens is 3. The van der Waals surface area contributed by atoms with E-state index in [2.05, 4.69) is 20.5 Å². The average Bonchev–Trinajstić information content (AvgIpc) is 3.00. The van der Waals surface area contributed by atoms with E-state index >= 15 is 0 Å². The van der Waals surface area contributed by atoms with E-state index in [-0.39, 0.29) is 11.8 Å². The number of carbonyl (C=O) groups excluding carboxylic acids is 1. The first-order valence-corrected chi connectivity index (χ1v) is 7.70. The number of piperidine rings is 2. The van der Waals surface area contributed by atoms with Crippen LogP contribution in [0.15, 0.2) is 12.4 Å². The van der Waals surface area contributed by atoms with Crippen LogP contribution < -0.4 is 5.32 Å². The summed E-state index contributed by atoms with van der Waals surface area (Å²) in [6, 6.07) is 0.476. The summed E-state index contributed by atoms with van der Waals surface area (Å²) in [5, 5.41) is 10.7. The van der Waals surface area contributed by atoms with E-state index in [4.69, 9.17) is 0 Å². The van der Waals surface area contributed by atoms with E-state index in [1.165, 1.54) is 32.4 Å². The normalized spacial score (nSPS) is 27.0. The monoisotopic (exact) mass is 277 g/mol. The lowest BCUT2D eigenvalue weighted by Crippen LogP contribution is -2.52. The maximum absolute atomic E-state index is 12.4. The Kier molecular flexibility index (Phi) is 4.30. The first-order chi connectivity index (χ1) is 9.84. The van der Waals surface area contributed by atoms with Crippen LogP contribution in [-0.2, 0) is 11.3 Å². The summed E-state index contributed by atoms with van der Waals surface area (Å²) in [6.07, 6.45) is 9.40. The molecule has 2 saturated heterocycles. The summed E-state index contributed by atoms with van der Waals surface area (Å²) in [4.78, 5) is 14.9. The Bertz CT molecular complexity index is 431. The number of rotatable bonds is 4. The summed E-state index contributed by atoms with van der Waals surface area (Å²) in [5.74, 6) is 0.404. The van der Waals surface area contributed by atoms with Crippen molar-refractivity contribution in [2.24, 2.45) is 5.92 Å². The molecule has 20 heavy (non-hydrogen) atoms. The van der Waals surface area contributed by atoms with Gasteiger partial charge >= 0.3 is 0 Å². The molecule has 0 bridgehead atoms. The van der Waals surface area contributed by atoms with E-state index < -0.39 is 0 Å². The lowest BCUT2D eigenvalue weighted by molar-refractivity contribution is -0.129. The van der Waals surface area contributed by atoms with Crippen LogP contribution in [0.5, 0.6) is 0 Å². The van der Waals surface area contributed by atoms with Gasteiger partial charge in [0.25, 0.3) is 0 Å². The summed E-state index contributed by atoms with van der Waals surface area (Å²) in [6.45, 7) is 3.67. The van der Waals surface area contributed by atoms with Crippen LogP contribution in [0.25, 0.3) is 0 Å². The van der Waals surface area contributed by atoms with Gasteiger partial charge in [-0.2, -0.15) is 0 Å². The number of carbonyl (C=O) groups is 1. The molecule has 110 valence electrons. The summed E-state index contributed by atoms with van der Waals surface area (Å²) < 4.78 is 1.74. The Labute approximate surface area is 119 Å². The lowest BCUT2D eigenvalue weighted by Gasteiger charge is -2.43. The Morgan fingerprint density at radius 1 is 1.25 bits per heavy atom. The number of hydrogen-bond donors (Lipinski definition) is 1. The zero-order valence-electron chi connectivity index (χ0n) is 11.9. The van der Waals surface area contributed by atoms with Gasteiger partial charge in [0.1, 0.15) is 0 Å². The molecule has 2 fully saturated rings. The van der Waals surface area contributed by atoms with Gasteiger partial charge in [-0.1, -0.05) is 11.6 Å². The molecule has 6 heteroatoms. The molecule has 0 spiro atoms. The molecule has 3 rings (SSSR count). The molecule has 2 aliphatic rings. The van der Waals surface area contributed by atoms with Crippen LogP contribution in [0.2, 0.25) is 0 Å². The first kappa shape index (κ1) is 13.5. The van der Waals surface area contributed by atoms with Gasteiger partial charge in [0, 0.05) is 18.8 Å². The van der Waals surface area contributed by atoms with Crippen LogP contribution in [0.3, 0.4) is 0 Å². The van der Waals surface area contributed by atoms with Gasteiger partial charge in [-0.15, -0.1) is 5.10 Å². The van der Waals surface area contributed by atoms with Crippen LogP contribution in [0.4, 0.5) is 0 Å². The van der Waals surface area contributed by atoms with Crippen molar-refractivity contribution < 1.29 is 4.79 Å². The second kappa shape index (κ2) is 6.35. The maximum Gasteiger partial charge on any atom is 0.224 e. The largest absolute Gasteiger partial charge is 0.354 e. The van der Waals surface area contributed by atoms with Crippen molar-refractivity contribution in [3.63, 3.8) is 0 Å².